The van der Waals surface area contributed by atoms with E-state index in [2.05, 4.69) is 30.7 Å². The lowest BCUT2D eigenvalue weighted by Crippen LogP contribution is -2.51. The Labute approximate surface area is 118 Å². The molecule has 4 heteroatoms. The molecular weight excluding hydrogens is 238 g/mol. The maximum atomic E-state index is 11.9. The molecule has 19 heavy (non-hydrogen) atoms. The van der Waals surface area contributed by atoms with Crippen LogP contribution in [0.2, 0.25) is 0 Å². The largest absolute Gasteiger partial charge is 0.340 e. The molecule has 0 aliphatic carbocycles. The highest BCUT2D eigenvalue weighted by Gasteiger charge is 2.22. The van der Waals surface area contributed by atoms with Crippen LogP contribution in [0.1, 0.15) is 27.7 Å². The fourth-order valence-electron chi connectivity index (χ4n) is 2.58. The van der Waals surface area contributed by atoms with Gasteiger partial charge in [-0.1, -0.05) is 27.7 Å². The summed E-state index contributed by atoms with van der Waals surface area (Å²) in [6, 6.07) is 0. The molecule has 4 nitrogen and oxygen atoms in total. The number of nitrogens with zero attached hydrogens (tertiary/aromatic N) is 3. The van der Waals surface area contributed by atoms with E-state index in [9.17, 15) is 4.79 Å². The minimum absolute atomic E-state index is 0.128. The topological polar surface area (TPSA) is 26.8 Å². The molecule has 1 saturated heterocycles. The van der Waals surface area contributed by atoms with Crippen molar-refractivity contribution in [2.24, 2.45) is 11.8 Å². The van der Waals surface area contributed by atoms with Crippen LogP contribution in [0.15, 0.2) is 0 Å². The van der Waals surface area contributed by atoms with Crippen LogP contribution in [0.5, 0.6) is 0 Å². The van der Waals surface area contributed by atoms with E-state index in [1.165, 1.54) is 0 Å². The first-order valence-electron chi connectivity index (χ1n) is 7.59. The van der Waals surface area contributed by atoms with E-state index in [1.54, 1.807) is 0 Å². The Morgan fingerprint density at radius 3 is 2.16 bits per heavy atom. The Morgan fingerprint density at radius 1 is 1.11 bits per heavy atom. The van der Waals surface area contributed by atoms with Crippen LogP contribution in [0.25, 0.3) is 0 Å². The van der Waals surface area contributed by atoms with Gasteiger partial charge in [0, 0.05) is 51.7 Å². The monoisotopic (exact) mass is 269 g/mol. The van der Waals surface area contributed by atoms with Gasteiger partial charge >= 0.3 is 0 Å². The first-order chi connectivity index (χ1) is 8.90. The predicted octanol–water partition coefficient (Wildman–Crippen LogP) is 1.37. The van der Waals surface area contributed by atoms with Crippen LogP contribution >= 0.6 is 0 Å². The van der Waals surface area contributed by atoms with Gasteiger partial charge in [0.25, 0.3) is 0 Å². The molecule has 0 aromatic heterocycles. The highest BCUT2D eigenvalue weighted by molar-refractivity contribution is 5.78. The molecule has 112 valence electrons. The summed E-state index contributed by atoms with van der Waals surface area (Å²) in [5, 5.41) is 0. The number of hydrogen-bond donors (Lipinski definition) is 0. The molecule has 0 saturated carbocycles. The van der Waals surface area contributed by atoms with Crippen molar-refractivity contribution in [3.63, 3.8) is 0 Å². The van der Waals surface area contributed by atoms with Crippen molar-refractivity contribution in [2.75, 3.05) is 52.9 Å². The van der Waals surface area contributed by atoms with Crippen LogP contribution in [0.4, 0.5) is 0 Å². The standard InChI is InChI=1S/C15H31N3O/c1-13(2)12-16(5)6-7-17-8-10-18(11-9-17)15(19)14(3)4/h13-14H,6-12H2,1-5H3. The lowest BCUT2D eigenvalue weighted by molar-refractivity contribution is -0.136. The highest BCUT2D eigenvalue weighted by atomic mass is 16.2. The number of hydrogen-bond acceptors (Lipinski definition) is 3. The fraction of sp³-hybridized carbons (Fsp3) is 0.933. The van der Waals surface area contributed by atoms with Gasteiger partial charge in [0.05, 0.1) is 0 Å². The average molecular weight is 269 g/mol. The third-order valence-corrected chi connectivity index (χ3v) is 3.65. The van der Waals surface area contributed by atoms with Gasteiger partial charge in [-0.3, -0.25) is 9.69 Å². The van der Waals surface area contributed by atoms with E-state index in [0.29, 0.717) is 5.91 Å². The molecular formula is C15H31N3O. The van der Waals surface area contributed by atoms with E-state index in [1.807, 2.05) is 18.7 Å². The molecule has 1 amide bonds. The molecule has 1 aliphatic rings. The Hall–Kier alpha value is -0.610. The zero-order chi connectivity index (χ0) is 14.4. The smallest absolute Gasteiger partial charge is 0.225 e. The predicted molar refractivity (Wildman–Crippen MR) is 80.2 cm³/mol. The molecule has 0 bridgehead atoms. The van der Waals surface area contributed by atoms with E-state index in [0.717, 1.165) is 51.7 Å². The Bertz CT molecular complexity index is 271. The van der Waals surface area contributed by atoms with Crippen LogP contribution in [0.3, 0.4) is 0 Å². The normalized spacial score (nSPS) is 17.8. The average Bonchev–Trinajstić information content (AvgIpc) is 2.35. The number of rotatable bonds is 6. The molecule has 1 heterocycles. The van der Waals surface area contributed by atoms with Crippen molar-refractivity contribution in [3.05, 3.63) is 0 Å². The van der Waals surface area contributed by atoms with E-state index in [-0.39, 0.29) is 5.92 Å². The first kappa shape index (κ1) is 16.4. The van der Waals surface area contributed by atoms with E-state index >= 15 is 0 Å². The van der Waals surface area contributed by atoms with Crippen molar-refractivity contribution >= 4 is 5.91 Å². The summed E-state index contributed by atoms with van der Waals surface area (Å²) in [6.45, 7) is 15.7. The van der Waals surface area contributed by atoms with Gasteiger partial charge < -0.3 is 9.80 Å². The minimum atomic E-state index is 0.128. The molecule has 1 rings (SSSR count). The summed E-state index contributed by atoms with van der Waals surface area (Å²) in [4.78, 5) is 18.8. The van der Waals surface area contributed by atoms with Gasteiger partial charge in [0.1, 0.15) is 0 Å². The van der Waals surface area contributed by atoms with Crippen molar-refractivity contribution in [1.82, 2.24) is 14.7 Å². The maximum absolute atomic E-state index is 11.9. The van der Waals surface area contributed by atoms with Crippen molar-refractivity contribution < 1.29 is 4.79 Å². The Balaban J connectivity index is 2.21. The summed E-state index contributed by atoms with van der Waals surface area (Å²) in [5.74, 6) is 1.16. The minimum Gasteiger partial charge on any atom is -0.340 e. The Morgan fingerprint density at radius 2 is 1.68 bits per heavy atom. The van der Waals surface area contributed by atoms with Gasteiger partial charge in [-0.05, 0) is 13.0 Å². The summed E-state index contributed by atoms with van der Waals surface area (Å²) < 4.78 is 0. The molecule has 0 atom stereocenters. The molecule has 0 aromatic carbocycles. The number of carbonyl (C=O) groups excluding carboxylic acids is 1. The Kier molecular flexibility index (Phi) is 6.80. The summed E-state index contributed by atoms with van der Waals surface area (Å²) in [7, 11) is 2.19. The van der Waals surface area contributed by atoms with Gasteiger partial charge in [-0.25, -0.2) is 0 Å². The number of likely N-dealkylation sites (N-methyl/N-ethyl adjacent to an activating group) is 1. The molecule has 0 aromatic rings. The van der Waals surface area contributed by atoms with Crippen LogP contribution in [-0.4, -0.2) is 73.5 Å². The molecule has 0 N–H and O–H groups in total. The van der Waals surface area contributed by atoms with Crippen molar-refractivity contribution in [1.29, 1.82) is 0 Å². The van der Waals surface area contributed by atoms with Crippen LogP contribution < -0.4 is 0 Å². The second-order valence-corrected chi connectivity index (χ2v) is 6.48. The molecule has 0 spiro atoms. The highest BCUT2D eigenvalue weighted by Crippen LogP contribution is 2.07. The SMILES string of the molecule is CC(C)CN(C)CCN1CCN(C(=O)C(C)C)CC1. The van der Waals surface area contributed by atoms with E-state index in [4.69, 9.17) is 0 Å². The third kappa shape index (κ3) is 5.91. The number of piperazine rings is 1. The summed E-state index contributed by atoms with van der Waals surface area (Å²) in [5.41, 5.74) is 0. The van der Waals surface area contributed by atoms with Gasteiger partial charge in [-0.2, -0.15) is 0 Å². The summed E-state index contributed by atoms with van der Waals surface area (Å²) in [6.07, 6.45) is 0. The fourth-order valence-corrected chi connectivity index (χ4v) is 2.58. The van der Waals surface area contributed by atoms with Crippen molar-refractivity contribution in [3.8, 4) is 0 Å². The molecule has 0 unspecified atom stereocenters. The first-order valence-corrected chi connectivity index (χ1v) is 7.59. The van der Waals surface area contributed by atoms with Gasteiger partial charge in [0.15, 0.2) is 0 Å². The lowest BCUT2D eigenvalue weighted by Gasteiger charge is -2.36. The molecule has 1 fully saturated rings. The zero-order valence-electron chi connectivity index (χ0n) is 13.4. The van der Waals surface area contributed by atoms with Crippen molar-refractivity contribution in [2.45, 2.75) is 27.7 Å². The van der Waals surface area contributed by atoms with Gasteiger partial charge in [-0.15, -0.1) is 0 Å². The van der Waals surface area contributed by atoms with Gasteiger partial charge in [0.2, 0.25) is 5.91 Å². The third-order valence-electron chi connectivity index (χ3n) is 3.65. The number of amides is 1. The molecule has 0 radical (unpaired) electrons. The van der Waals surface area contributed by atoms with Crippen LogP contribution in [-0.2, 0) is 4.79 Å². The summed E-state index contributed by atoms with van der Waals surface area (Å²) >= 11 is 0. The van der Waals surface area contributed by atoms with Crippen LogP contribution in [0, 0.1) is 11.8 Å². The maximum Gasteiger partial charge on any atom is 0.225 e. The lowest BCUT2D eigenvalue weighted by atomic mass is 10.1. The zero-order valence-corrected chi connectivity index (χ0v) is 13.4. The second-order valence-electron chi connectivity index (χ2n) is 6.48. The number of carbonyl (C=O) groups is 1. The quantitative estimate of drug-likeness (QED) is 0.729. The molecule has 1 aliphatic heterocycles. The second kappa shape index (κ2) is 7.85. The van der Waals surface area contributed by atoms with E-state index < -0.39 is 0 Å².